The second-order valence-corrected chi connectivity index (χ2v) is 6.10. The molecular weight excluding hydrogens is 316 g/mol. The van der Waals surface area contributed by atoms with Gasteiger partial charge in [0, 0.05) is 31.5 Å². The summed E-state index contributed by atoms with van der Waals surface area (Å²) in [5.41, 5.74) is 0.930. The molecule has 1 fully saturated rings. The van der Waals surface area contributed by atoms with Crippen molar-refractivity contribution in [3.63, 3.8) is 0 Å². The lowest BCUT2D eigenvalue weighted by molar-refractivity contribution is 0.0644. The smallest absolute Gasteiger partial charge is 0.274 e. The molecule has 0 bridgehead atoms. The molecule has 24 heavy (non-hydrogen) atoms. The van der Waals surface area contributed by atoms with Gasteiger partial charge in [-0.1, -0.05) is 0 Å². The van der Waals surface area contributed by atoms with Gasteiger partial charge in [0.2, 0.25) is 0 Å². The van der Waals surface area contributed by atoms with E-state index in [1.165, 1.54) is 10.7 Å². The first-order chi connectivity index (χ1) is 11.5. The van der Waals surface area contributed by atoms with Crippen LogP contribution in [0, 0.1) is 24.5 Å². The fourth-order valence-corrected chi connectivity index (χ4v) is 2.96. The first-order valence-electron chi connectivity index (χ1n) is 7.92. The zero-order chi connectivity index (χ0) is 17.3. The maximum Gasteiger partial charge on any atom is 0.274 e. The number of carbonyl (C=O) groups excluding carboxylic acids is 1. The van der Waals surface area contributed by atoms with Crippen LogP contribution < -0.4 is 0 Å². The summed E-state index contributed by atoms with van der Waals surface area (Å²) in [5, 5.41) is 13.4. The van der Waals surface area contributed by atoms with Crippen LogP contribution in [0.4, 0.5) is 8.78 Å². The zero-order valence-corrected chi connectivity index (χ0v) is 13.4. The van der Waals surface area contributed by atoms with Crippen LogP contribution in [0.15, 0.2) is 24.3 Å². The van der Waals surface area contributed by atoms with E-state index < -0.39 is 11.6 Å². The lowest BCUT2D eigenvalue weighted by atomic mass is 9.98. The third-order valence-corrected chi connectivity index (χ3v) is 4.40. The molecule has 0 atom stereocenters. The van der Waals surface area contributed by atoms with Gasteiger partial charge in [-0.15, -0.1) is 0 Å². The molecule has 1 saturated heterocycles. The van der Waals surface area contributed by atoms with Crippen LogP contribution in [0.1, 0.15) is 29.0 Å². The molecule has 1 aliphatic rings. The number of aliphatic hydroxyl groups excluding tert-OH is 1. The molecule has 0 saturated carbocycles. The van der Waals surface area contributed by atoms with Crippen LogP contribution >= 0.6 is 0 Å². The summed E-state index contributed by atoms with van der Waals surface area (Å²) in [4.78, 5) is 14.3. The zero-order valence-electron chi connectivity index (χ0n) is 13.4. The monoisotopic (exact) mass is 335 g/mol. The van der Waals surface area contributed by atoms with Gasteiger partial charge in [0.05, 0.1) is 0 Å². The number of piperidine rings is 1. The van der Waals surface area contributed by atoms with Crippen molar-refractivity contribution in [3.05, 3.63) is 47.3 Å². The molecular formula is C17H19F2N3O2. The van der Waals surface area contributed by atoms with Crippen LogP contribution in [0.5, 0.6) is 0 Å². The van der Waals surface area contributed by atoms with Crippen molar-refractivity contribution < 1.29 is 18.7 Å². The summed E-state index contributed by atoms with van der Waals surface area (Å²) in [6, 6.07) is 4.84. The van der Waals surface area contributed by atoms with Gasteiger partial charge >= 0.3 is 0 Å². The number of nitrogens with zero attached hydrogens (tertiary/aromatic N) is 3. The number of hydrogen-bond acceptors (Lipinski definition) is 3. The number of aliphatic hydroxyl groups is 1. The first-order valence-corrected chi connectivity index (χ1v) is 7.92. The Balaban J connectivity index is 1.82. The summed E-state index contributed by atoms with van der Waals surface area (Å²) in [6.45, 7) is 2.99. The molecule has 0 radical (unpaired) electrons. The number of hydrogen-bond donors (Lipinski definition) is 1. The van der Waals surface area contributed by atoms with Crippen molar-refractivity contribution in [3.8, 4) is 5.69 Å². The molecule has 1 aromatic heterocycles. The fourth-order valence-electron chi connectivity index (χ4n) is 2.96. The maximum absolute atomic E-state index is 13.9. The molecule has 0 unspecified atom stereocenters. The van der Waals surface area contributed by atoms with E-state index in [9.17, 15) is 13.6 Å². The average molecular weight is 335 g/mol. The predicted octanol–water partition coefficient (Wildman–Crippen LogP) is 2.30. The van der Waals surface area contributed by atoms with Crippen molar-refractivity contribution in [1.82, 2.24) is 14.7 Å². The minimum absolute atomic E-state index is 0.104. The molecule has 0 spiro atoms. The normalized spacial score (nSPS) is 15.8. The van der Waals surface area contributed by atoms with Gasteiger partial charge < -0.3 is 10.0 Å². The van der Waals surface area contributed by atoms with Crippen molar-refractivity contribution in [1.29, 1.82) is 0 Å². The van der Waals surface area contributed by atoms with Crippen molar-refractivity contribution in [2.75, 3.05) is 19.7 Å². The summed E-state index contributed by atoms with van der Waals surface area (Å²) in [6.07, 6.45) is 1.52. The number of amides is 1. The van der Waals surface area contributed by atoms with Gasteiger partial charge in [-0.2, -0.15) is 5.10 Å². The first kappa shape index (κ1) is 16.6. The lowest BCUT2D eigenvalue weighted by Crippen LogP contribution is -2.39. The van der Waals surface area contributed by atoms with Gasteiger partial charge in [-0.3, -0.25) is 4.79 Å². The predicted molar refractivity (Wildman–Crippen MR) is 83.9 cm³/mol. The summed E-state index contributed by atoms with van der Waals surface area (Å²) in [5.74, 6) is -1.37. The van der Waals surface area contributed by atoms with Gasteiger partial charge in [0.15, 0.2) is 11.5 Å². The van der Waals surface area contributed by atoms with E-state index in [0.717, 1.165) is 25.0 Å². The molecule has 1 aromatic carbocycles. The molecule has 1 N–H and O–H groups in total. The molecule has 0 aliphatic carbocycles. The van der Waals surface area contributed by atoms with Crippen molar-refractivity contribution in [2.45, 2.75) is 19.8 Å². The van der Waals surface area contributed by atoms with Gasteiger partial charge in [0.25, 0.3) is 5.91 Å². The minimum atomic E-state index is -0.732. The second-order valence-electron chi connectivity index (χ2n) is 6.10. The Bertz CT molecular complexity index is 752. The maximum atomic E-state index is 13.9. The topological polar surface area (TPSA) is 58.4 Å². The third-order valence-electron chi connectivity index (χ3n) is 4.40. The molecule has 1 amide bonds. The number of halogens is 2. The molecule has 3 rings (SSSR count). The number of likely N-dealkylation sites (tertiary alicyclic amines) is 1. The van der Waals surface area contributed by atoms with Crippen LogP contribution in [-0.4, -0.2) is 45.4 Å². The third kappa shape index (κ3) is 3.17. The van der Waals surface area contributed by atoms with Crippen LogP contribution in [0.3, 0.4) is 0 Å². The quantitative estimate of drug-likeness (QED) is 0.936. The van der Waals surface area contributed by atoms with E-state index >= 15 is 0 Å². The number of aromatic nitrogens is 2. The highest BCUT2D eigenvalue weighted by atomic mass is 19.1. The number of benzene rings is 1. The standard InChI is InChI=1S/C17H19F2N3O2/c1-11-8-15(17(24)21-6-4-12(10-23)5-7-21)20-22(11)16-3-2-13(18)9-14(16)19/h2-3,8-9,12,23H,4-7,10H2,1H3. The van der Waals surface area contributed by atoms with Crippen LogP contribution in [-0.2, 0) is 0 Å². The molecule has 7 heteroatoms. The van der Waals surface area contributed by atoms with Crippen LogP contribution in [0.2, 0.25) is 0 Å². The molecule has 2 aromatic rings. The fraction of sp³-hybridized carbons (Fsp3) is 0.412. The van der Waals surface area contributed by atoms with Crippen molar-refractivity contribution in [2.24, 2.45) is 5.92 Å². The SMILES string of the molecule is Cc1cc(C(=O)N2CCC(CO)CC2)nn1-c1ccc(F)cc1F. The van der Waals surface area contributed by atoms with E-state index in [2.05, 4.69) is 5.10 Å². The highest BCUT2D eigenvalue weighted by molar-refractivity contribution is 5.92. The van der Waals surface area contributed by atoms with E-state index in [1.54, 1.807) is 17.9 Å². The number of aryl methyl sites for hydroxylation is 1. The lowest BCUT2D eigenvalue weighted by Gasteiger charge is -2.30. The van der Waals surface area contributed by atoms with Crippen molar-refractivity contribution >= 4 is 5.91 Å². The van der Waals surface area contributed by atoms with E-state index in [-0.39, 0.29) is 29.8 Å². The number of rotatable bonds is 3. The summed E-state index contributed by atoms with van der Waals surface area (Å²) >= 11 is 0. The molecule has 5 nitrogen and oxygen atoms in total. The van der Waals surface area contributed by atoms with Gasteiger partial charge in [-0.25, -0.2) is 13.5 Å². The Kier molecular flexibility index (Phi) is 4.62. The Morgan fingerprint density at radius 2 is 2.00 bits per heavy atom. The summed E-state index contributed by atoms with van der Waals surface area (Å²) in [7, 11) is 0. The largest absolute Gasteiger partial charge is 0.396 e. The van der Waals surface area contributed by atoms with E-state index in [4.69, 9.17) is 5.11 Å². The second kappa shape index (κ2) is 6.68. The molecule has 2 heterocycles. The van der Waals surface area contributed by atoms with E-state index in [1.807, 2.05) is 0 Å². The van der Waals surface area contributed by atoms with Gasteiger partial charge in [-0.05, 0) is 43.9 Å². The minimum Gasteiger partial charge on any atom is -0.396 e. The van der Waals surface area contributed by atoms with Gasteiger partial charge in [0.1, 0.15) is 11.5 Å². The Hall–Kier alpha value is -2.28. The summed E-state index contributed by atoms with van der Waals surface area (Å²) < 4.78 is 28.3. The molecule has 128 valence electrons. The Morgan fingerprint density at radius 3 is 2.62 bits per heavy atom. The Labute approximate surface area is 138 Å². The number of carbonyl (C=O) groups is 1. The Morgan fingerprint density at radius 1 is 1.29 bits per heavy atom. The molecule has 1 aliphatic heterocycles. The average Bonchev–Trinajstić information content (AvgIpc) is 2.96. The highest BCUT2D eigenvalue weighted by Crippen LogP contribution is 2.20. The van der Waals surface area contributed by atoms with Crippen LogP contribution in [0.25, 0.3) is 5.69 Å². The van der Waals surface area contributed by atoms with E-state index in [0.29, 0.717) is 18.8 Å². The highest BCUT2D eigenvalue weighted by Gasteiger charge is 2.25.